The van der Waals surface area contributed by atoms with E-state index in [9.17, 15) is 14.3 Å². The van der Waals surface area contributed by atoms with Crippen LogP contribution in [0.25, 0.3) is 0 Å². The molecule has 1 saturated carbocycles. The molecule has 0 aromatic heterocycles. The van der Waals surface area contributed by atoms with Gasteiger partial charge in [-0.05, 0) is 30.5 Å². The highest BCUT2D eigenvalue weighted by Crippen LogP contribution is 2.19. The van der Waals surface area contributed by atoms with Gasteiger partial charge in [0.2, 0.25) is 0 Å². The summed E-state index contributed by atoms with van der Waals surface area (Å²) in [5.74, 6) is -0.777. The molecule has 0 bridgehead atoms. The summed E-state index contributed by atoms with van der Waals surface area (Å²) in [7, 11) is 0. The van der Waals surface area contributed by atoms with Gasteiger partial charge in [-0.3, -0.25) is 4.79 Å². The van der Waals surface area contributed by atoms with E-state index in [4.69, 9.17) is 0 Å². The molecule has 2 rings (SSSR count). The predicted molar refractivity (Wildman–Crippen MR) is 61.8 cm³/mol. The van der Waals surface area contributed by atoms with Crippen LogP contribution in [-0.2, 0) is 4.79 Å². The second kappa shape index (κ2) is 5.27. The summed E-state index contributed by atoms with van der Waals surface area (Å²) in [6.45, 7) is 0. The number of aliphatic hydroxyl groups is 1. The van der Waals surface area contributed by atoms with E-state index in [1.165, 1.54) is 24.3 Å². The molecule has 1 unspecified atom stereocenters. The van der Waals surface area contributed by atoms with Gasteiger partial charge in [0.05, 0.1) is 0 Å². The van der Waals surface area contributed by atoms with E-state index in [1.54, 1.807) is 0 Å². The zero-order chi connectivity index (χ0) is 12.3. The van der Waals surface area contributed by atoms with Gasteiger partial charge in [0, 0.05) is 6.04 Å². The summed E-state index contributed by atoms with van der Waals surface area (Å²) in [4.78, 5) is 11.7. The Balaban J connectivity index is 1.96. The summed E-state index contributed by atoms with van der Waals surface area (Å²) in [6, 6.07) is 5.50. The average molecular weight is 237 g/mol. The first-order valence-electron chi connectivity index (χ1n) is 5.91. The smallest absolute Gasteiger partial charge is 0.253 e. The van der Waals surface area contributed by atoms with E-state index in [1.807, 2.05) is 0 Å². The molecule has 1 aromatic rings. The van der Waals surface area contributed by atoms with E-state index in [0.29, 0.717) is 5.56 Å². The number of carbonyl (C=O) groups excluding carboxylic acids is 1. The Kier molecular flexibility index (Phi) is 3.74. The topological polar surface area (TPSA) is 49.3 Å². The van der Waals surface area contributed by atoms with Crippen LogP contribution in [-0.4, -0.2) is 17.1 Å². The van der Waals surface area contributed by atoms with Gasteiger partial charge in [0.15, 0.2) is 6.10 Å². The summed E-state index contributed by atoms with van der Waals surface area (Å²) in [6.07, 6.45) is 2.98. The fourth-order valence-electron chi connectivity index (χ4n) is 2.15. The lowest BCUT2D eigenvalue weighted by Crippen LogP contribution is -2.36. The Morgan fingerprint density at radius 2 is 1.88 bits per heavy atom. The van der Waals surface area contributed by atoms with E-state index in [0.717, 1.165) is 25.7 Å². The van der Waals surface area contributed by atoms with Crippen molar-refractivity contribution in [3.63, 3.8) is 0 Å². The van der Waals surface area contributed by atoms with Crippen molar-refractivity contribution in [2.24, 2.45) is 0 Å². The molecule has 0 radical (unpaired) electrons. The fourth-order valence-corrected chi connectivity index (χ4v) is 2.15. The van der Waals surface area contributed by atoms with Gasteiger partial charge < -0.3 is 10.4 Å². The van der Waals surface area contributed by atoms with E-state index >= 15 is 0 Å². The molecule has 3 nitrogen and oxygen atoms in total. The molecule has 0 spiro atoms. The number of amides is 1. The monoisotopic (exact) mass is 237 g/mol. The third-order valence-corrected chi connectivity index (χ3v) is 3.14. The van der Waals surface area contributed by atoms with E-state index in [-0.39, 0.29) is 11.9 Å². The first kappa shape index (κ1) is 12.0. The van der Waals surface area contributed by atoms with Gasteiger partial charge >= 0.3 is 0 Å². The lowest BCUT2D eigenvalue weighted by Gasteiger charge is -2.16. The third kappa shape index (κ3) is 3.03. The molecule has 0 heterocycles. The van der Waals surface area contributed by atoms with Crippen LogP contribution < -0.4 is 5.32 Å². The first-order chi connectivity index (χ1) is 8.16. The summed E-state index contributed by atoms with van der Waals surface area (Å²) in [5, 5.41) is 12.6. The molecule has 0 saturated heterocycles. The lowest BCUT2D eigenvalue weighted by molar-refractivity contribution is -0.130. The van der Waals surface area contributed by atoms with Crippen LogP contribution in [0.3, 0.4) is 0 Å². The molecule has 17 heavy (non-hydrogen) atoms. The van der Waals surface area contributed by atoms with Gasteiger partial charge in [0.25, 0.3) is 5.91 Å². The van der Waals surface area contributed by atoms with Crippen LogP contribution in [0.5, 0.6) is 0 Å². The standard InChI is InChI=1S/C13H16FNO2/c14-10-7-5-9(6-8-10)12(16)13(17)15-11-3-1-2-4-11/h5-8,11-12,16H,1-4H2,(H,15,17). The van der Waals surface area contributed by atoms with Gasteiger partial charge in [-0.2, -0.15) is 0 Å². The number of halogens is 1. The van der Waals surface area contributed by atoms with Crippen molar-refractivity contribution in [3.05, 3.63) is 35.6 Å². The molecule has 1 aliphatic rings. The van der Waals surface area contributed by atoms with Crippen LogP contribution >= 0.6 is 0 Å². The van der Waals surface area contributed by atoms with Gasteiger partial charge in [-0.1, -0.05) is 25.0 Å². The van der Waals surface area contributed by atoms with Crippen LogP contribution in [0.4, 0.5) is 4.39 Å². The van der Waals surface area contributed by atoms with Crippen molar-refractivity contribution in [2.45, 2.75) is 37.8 Å². The Bertz CT molecular complexity index is 385. The quantitative estimate of drug-likeness (QED) is 0.843. The molecule has 1 aliphatic carbocycles. The van der Waals surface area contributed by atoms with Gasteiger partial charge in [-0.15, -0.1) is 0 Å². The number of aliphatic hydroxyl groups excluding tert-OH is 1. The second-order valence-corrected chi connectivity index (χ2v) is 4.44. The minimum Gasteiger partial charge on any atom is -0.378 e. The second-order valence-electron chi connectivity index (χ2n) is 4.44. The molecule has 0 aliphatic heterocycles. The van der Waals surface area contributed by atoms with Crippen molar-refractivity contribution < 1.29 is 14.3 Å². The zero-order valence-corrected chi connectivity index (χ0v) is 9.53. The van der Waals surface area contributed by atoms with E-state index < -0.39 is 12.0 Å². The molecule has 1 amide bonds. The normalized spacial score (nSPS) is 18.0. The first-order valence-corrected chi connectivity index (χ1v) is 5.91. The number of rotatable bonds is 3. The largest absolute Gasteiger partial charge is 0.378 e. The highest BCUT2D eigenvalue weighted by molar-refractivity contribution is 5.82. The van der Waals surface area contributed by atoms with E-state index in [2.05, 4.69) is 5.32 Å². The van der Waals surface area contributed by atoms with Gasteiger partial charge in [-0.25, -0.2) is 4.39 Å². The minimum absolute atomic E-state index is 0.178. The Hall–Kier alpha value is -1.42. The fraction of sp³-hybridized carbons (Fsp3) is 0.462. The van der Waals surface area contributed by atoms with Crippen molar-refractivity contribution in [1.82, 2.24) is 5.32 Å². The highest BCUT2D eigenvalue weighted by atomic mass is 19.1. The minimum atomic E-state index is -1.21. The van der Waals surface area contributed by atoms with Crippen molar-refractivity contribution in [3.8, 4) is 0 Å². The van der Waals surface area contributed by atoms with Crippen molar-refractivity contribution in [2.75, 3.05) is 0 Å². The van der Waals surface area contributed by atoms with Crippen molar-refractivity contribution >= 4 is 5.91 Å². The van der Waals surface area contributed by atoms with Crippen LogP contribution in [0, 0.1) is 5.82 Å². The Morgan fingerprint density at radius 3 is 2.47 bits per heavy atom. The molecule has 1 aromatic carbocycles. The average Bonchev–Trinajstić information content (AvgIpc) is 2.82. The predicted octanol–water partition coefficient (Wildman–Crippen LogP) is 1.92. The maximum absolute atomic E-state index is 12.7. The summed E-state index contributed by atoms with van der Waals surface area (Å²) >= 11 is 0. The molecule has 4 heteroatoms. The molecule has 92 valence electrons. The number of hydrogen-bond acceptors (Lipinski definition) is 2. The SMILES string of the molecule is O=C(NC1CCCC1)C(O)c1ccc(F)cc1. The van der Waals surface area contributed by atoms with Crippen LogP contribution in [0.1, 0.15) is 37.4 Å². The maximum Gasteiger partial charge on any atom is 0.253 e. The number of nitrogens with one attached hydrogen (secondary N) is 1. The molecule has 2 N–H and O–H groups in total. The summed E-state index contributed by atoms with van der Waals surface area (Å²) in [5.41, 5.74) is 0.418. The summed E-state index contributed by atoms with van der Waals surface area (Å²) < 4.78 is 12.7. The third-order valence-electron chi connectivity index (χ3n) is 3.14. The molecular formula is C13H16FNO2. The molecule has 1 atom stereocenters. The van der Waals surface area contributed by atoms with Crippen LogP contribution in [0.15, 0.2) is 24.3 Å². The Morgan fingerprint density at radius 1 is 1.29 bits per heavy atom. The maximum atomic E-state index is 12.7. The van der Waals surface area contributed by atoms with Gasteiger partial charge in [0.1, 0.15) is 5.82 Å². The number of benzene rings is 1. The lowest BCUT2D eigenvalue weighted by atomic mass is 10.1. The van der Waals surface area contributed by atoms with Crippen molar-refractivity contribution in [1.29, 1.82) is 0 Å². The number of hydrogen-bond donors (Lipinski definition) is 2. The zero-order valence-electron chi connectivity index (χ0n) is 9.53. The Labute approximate surface area is 99.7 Å². The number of carbonyl (C=O) groups is 1. The molecular weight excluding hydrogens is 221 g/mol. The van der Waals surface area contributed by atoms with Crippen LogP contribution in [0.2, 0.25) is 0 Å². The highest BCUT2D eigenvalue weighted by Gasteiger charge is 2.22. The molecule has 1 fully saturated rings.